The van der Waals surface area contributed by atoms with Crippen LogP contribution in [-0.4, -0.2) is 4.21 Å². The van der Waals surface area contributed by atoms with Crippen molar-refractivity contribution >= 4 is 22.4 Å². The first-order chi connectivity index (χ1) is 7.25. The van der Waals surface area contributed by atoms with E-state index in [9.17, 15) is 4.21 Å². The molecule has 0 saturated heterocycles. The molecule has 2 aromatic rings. The minimum absolute atomic E-state index is 0.449. The maximum absolute atomic E-state index is 11.7. The molecule has 0 aliphatic carbocycles. The van der Waals surface area contributed by atoms with Gasteiger partial charge in [0.05, 0.1) is 22.8 Å². The maximum Gasteiger partial charge on any atom is 0.190 e. The van der Waals surface area contributed by atoms with E-state index < -0.39 is 10.8 Å². The standard InChI is InChI=1S/C11H9ClO2S/c12-10-5-3-9(4-6-10)8-15(13)11-2-1-7-14-11/h1-7H,8H2. The summed E-state index contributed by atoms with van der Waals surface area (Å²) in [6.07, 6.45) is 1.52. The van der Waals surface area contributed by atoms with Gasteiger partial charge in [-0.2, -0.15) is 0 Å². The van der Waals surface area contributed by atoms with Crippen LogP contribution in [0.5, 0.6) is 0 Å². The van der Waals surface area contributed by atoms with Gasteiger partial charge in [0.25, 0.3) is 0 Å². The summed E-state index contributed by atoms with van der Waals surface area (Å²) in [5, 5.41) is 1.19. The van der Waals surface area contributed by atoms with Crippen LogP contribution in [0.4, 0.5) is 0 Å². The third-order valence-electron chi connectivity index (χ3n) is 1.93. The summed E-state index contributed by atoms with van der Waals surface area (Å²) < 4.78 is 16.8. The lowest BCUT2D eigenvalue weighted by molar-refractivity contribution is 0.465. The quantitative estimate of drug-likeness (QED) is 0.825. The molecule has 15 heavy (non-hydrogen) atoms. The largest absolute Gasteiger partial charge is 0.456 e. The van der Waals surface area contributed by atoms with Crippen molar-refractivity contribution in [1.29, 1.82) is 0 Å². The van der Waals surface area contributed by atoms with Crippen LogP contribution < -0.4 is 0 Å². The third-order valence-corrected chi connectivity index (χ3v) is 3.46. The van der Waals surface area contributed by atoms with Gasteiger partial charge in [0.1, 0.15) is 0 Å². The Labute approximate surface area is 95.3 Å². The van der Waals surface area contributed by atoms with Gasteiger partial charge in [-0.15, -0.1) is 0 Å². The van der Waals surface area contributed by atoms with Crippen LogP contribution in [0, 0.1) is 0 Å². The number of hydrogen-bond acceptors (Lipinski definition) is 2. The summed E-state index contributed by atoms with van der Waals surface area (Å²) in [6, 6.07) is 10.7. The topological polar surface area (TPSA) is 30.2 Å². The summed E-state index contributed by atoms with van der Waals surface area (Å²) in [5.74, 6) is 0.449. The van der Waals surface area contributed by atoms with Gasteiger partial charge in [0.2, 0.25) is 0 Å². The van der Waals surface area contributed by atoms with E-state index in [2.05, 4.69) is 0 Å². The van der Waals surface area contributed by atoms with Crippen molar-refractivity contribution in [3.05, 3.63) is 53.2 Å². The molecule has 1 aromatic heterocycles. The highest BCUT2D eigenvalue weighted by Gasteiger charge is 2.07. The number of rotatable bonds is 3. The lowest BCUT2D eigenvalue weighted by atomic mass is 10.2. The van der Waals surface area contributed by atoms with Gasteiger partial charge in [0, 0.05) is 5.02 Å². The molecular weight excluding hydrogens is 232 g/mol. The van der Waals surface area contributed by atoms with Gasteiger partial charge in [-0.05, 0) is 29.8 Å². The second-order valence-corrected chi connectivity index (χ2v) is 4.87. The molecule has 0 radical (unpaired) electrons. The van der Waals surface area contributed by atoms with Crippen LogP contribution in [-0.2, 0) is 16.6 Å². The Kier molecular flexibility index (Phi) is 3.23. The highest BCUT2D eigenvalue weighted by molar-refractivity contribution is 7.84. The third kappa shape index (κ3) is 2.70. The van der Waals surface area contributed by atoms with Gasteiger partial charge in [-0.1, -0.05) is 23.7 Å². The van der Waals surface area contributed by atoms with Gasteiger partial charge in [0.15, 0.2) is 5.09 Å². The van der Waals surface area contributed by atoms with Gasteiger partial charge < -0.3 is 4.42 Å². The van der Waals surface area contributed by atoms with E-state index in [1.807, 2.05) is 12.1 Å². The van der Waals surface area contributed by atoms with E-state index in [4.69, 9.17) is 16.0 Å². The van der Waals surface area contributed by atoms with Crippen molar-refractivity contribution < 1.29 is 8.63 Å². The molecule has 0 N–H and O–H groups in total. The van der Waals surface area contributed by atoms with Crippen LogP contribution in [0.25, 0.3) is 0 Å². The van der Waals surface area contributed by atoms with Crippen molar-refractivity contribution in [3.63, 3.8) is 0 Å². The molecule has 0 saturated carbocycles. The van der Waals surface area contributed by atoms with E-state index >= 15 is 0 Å². The Morgan fingerprint density at radius 3 is 2.53 bits per heavy atom. The molecule has 0 aliphatic rings. The molecule has 1 heterocycles. The van der Waals surface area contributed by atoms with Crippen molar-refractivity contribution in [3.8, 4) is 0 Å². The Morgan fingerprint density at radius 1 is 1.20 bits per heavy atom. The average molecular weight is 241 g/mol. The first kappa shape index (κ1) is 10.5. The molecule has 1 atom stereocenters. The number of halogens is 1. The fourth-order valence-electron chi connectivity index (χ4n) is 1.20. The SMILES string of the molecule is O=S(Cc1ccc(Cl)cc1)c1ccco1. The van der Waals surface area contributed by atoms with E-state index in [0.29, 0.717) is 15.9 Å². The second kappa shape index (κ2) is 4.64. The van der Waals surface area contributed by atoms with Crippen molar-refractivity contribution in [2.45, 2.75) is 10.8 Å². The van der Waals surface area contributed by atoms with E-state index in [1.54, 1.807) is 24.3 Å². The summed E-state index contributed by atoms with van der Waals surface area (Å²) in [7, 11) is -1.12. The molecule has 0 aliphatic heterocycles. The zero-order valence-electron chi connectivity index (χ0n) is 7.85. The molecule has 0 bridgehead atoms. The summed E-state index contributed by atoms with van der Waals surface area (Å²) in [4.78, 5) is 0. The van der Waals surface area contributed by atoms with E-state index in [0.717, 1.165) is 5.56 Å². The van der Waals surface area contributed by atoms with E-state index in [1.165, 1.54) is 6.26 Å². The Balaban J connectivity index is 2.09. The molecule has 1 aromatic carbocycles. The molecular formula is C11H9ClO2S. The van der Waals surface area contributed by atoms with Crippen LogP contribution in [0.15, 0.2) is 52.2 Å². The van der Waals surface area contributed by atoms with E-state index in [-0.39, 0.29) is 0 Å². The molecule has 2 nitrogen and oxygen atoms in total. The smallest absolute Gasteiger partial charge is 0.190 e. The summed E-state index contributed by atoms with van der Waals surface area (Å²) in [5.41, 5.74) is 0.981. The monoisotopic (exact) mass is 240 g/mol. The Morgan fingerprint density at radius 2 is 1.93 bits per heavy atom. The van der Waals surface area contributed by atoms with Crippen molar-refractivity contribution in [2.24, 2.45) is 0 Å². The number of benzene rings is 1. The molecule has 2 rings (SSSR count). The molecule has 4 heteroatoms. The lowest BCUT2D eigenvalue weighted by Gasteiger charge is -1.99. The maximum atomic E-state index is 11.7. The molecule has 1 unspecified atom stereocenters. The Hall–Kier alpha value is -1.06. The van der Waals surface area contributed by atoms with Crippen LogP contribution in [0.1, 0.15) is 5.56 Å². The normalized spacial score (nSPS) is 12.6. The van der Waals surface area contributed by atoms with Crippen molar-refractivity contribution in [2.75, 3.05) is 0 Å². The molecule has 0 amide bonds. The first-order valence-electron chi connectivity index (χ1n) is 4.42. The van der Waals surface area contributed by atoms with Gasteiger partial charge in [-0.3, -0.25) is 4.21 Å². The minimum atomic E-state index is -1.12. The summed E-state index contributed by atoms with van der Waals surface area (Å²) >= 11 is 5.75. The number of hydrogen-bond donors (Lipinski definition) is 0. The molecule has 0 spiro atoms. The lowest BCUT2D eigenvalue weighted by Crippen LogP contribution is -1.94. The summed E-state index contributed by atoms with van der Waals surface area (Å²) in [6.45, 7) is 0. The second-order valence-electron chi connectivity index (χ2n) is 3.05. The zero-order valence-corrected chi connectivity index (χ0v) is 9.42. The predicted octanol–water partition coefficient (Wildman–Crippen LogP) is 3.24. The highest BCUT2D eigenvalue weighted by Crippen LogP contribution is 2.15. The fourth-order valence-corrected chi connectivity index (χ4v) is 2.35. The highest BCUT2D eigenvalue weighted by atomic mass is 35.5. The Bertz CT molecular complexity index is 448. The zero-order chi connectivity index (χ0) is 10.7. The molecule has 0 fully saturated rings. The average Bonchev–Trinajstić information content (AvgIpc) is 2.74. The van der Waals surface area contributed by atoms with Crippen molar-refractivity contribution in [1.82, 2.24) is 0 Å². The fraction of sp³-hybridized carbons (Fsp3) is 0.0909. The van der Waals surface area contributed by atoms with Gasteiger partial charge in [-0.25, -0.2) is 0 Å². The van der Waals surface area contributed by atoms with Gasteiger partial charge >= 0.3 is 0 Å². The van der Waals surface area contributed by atoms with Crippen LogP contribution >= 0.6 is 11.6 Å². The molecule has 78 valence electrons. The predicted molar refractivity (Wildman–Crippen MR) is 60.3 cm³/mol. The first-order valence-corrected chi connectivity index (χ1v) is 6.12. The van der Waals surface area contributed by atoms with Crippen LogP contribution in [0.2, 0.25) is 5.02 Å². The van der Waals surface area contributed by atoms with Crippen LogP contribution in [0.3, 0.4) is 0 Å². The minimum Gasteiger partial charge on any atom is -0.456 e. The number of furan rings is 1.